The number of carboxylic acids is 2. The van der Waals surface area contributed by atoms with E-state index in [0.717, 1.165) is 9.13 Å². The topological polar surface area (TPSA) is 242 Å². The Morgan fingerprint density at radius 2 is 0.926 bits per heavy atom. The standard InChI is InChI=1S/2C19H24F3N5O3.C4H4O4/c2*1-14-17(28)27(18(29)24-23-14)8-4-7-25-9-11-26(12-10-25)15-5-2-3-6-16(15)30-13-19(20,21)22;5-3(6)1-2-4(7)8/h2*2-3,5-6H,4,7-13H2,1H3,(H,24,29);1-2H,(H,5,6)(H,7,8). The van der Waals surface area contributed by atoms with Crippen LogP contribution in [0.3, 0.4) is 0 Å². The lowest BCUT2D eigenvalue weighted by atomic mass is 10.2. The van der Waals surface area contributed by atoms with E-state index in [4.69, 9.17) is 19.7 Å². The minimum atomic E-state index is -4.39. The van der Waals surface area contributed by atoms with E-state index >= 15 is 0 Å². The lowest BCUT2D eigenvalue weighted by Crippen LogP contribution is -2.47. The number of alkyl halides is 6. The molecule has 20 nitrogen and oxygen atoms in total. The molecular weight excluding hydrogens is 919 g/mol. The Morgan fingerprint density at radius 1 is 0.588 bits per heavy atom. The summed E-state index contributed by atoms with van der Waals surface area (Å²) < 4.78 is 87.2. The number of hydrogen-bond acceptors (Lipinski definition) is 14. The molecule has 2 aromatic heterocycles. The van der Waals surface area contributed by atoms with E-state index in [0.29, 0.717) is 115 Å². The Kier molecular flexibility index (Phi) is 19.9. The van der Waals surface area contributed by atoms with Gasteiger partial charge in [0.1, 0.15) is 22.9 Å². The van der Waals surface area contributed by atoms with Crippen molar-refractivity contribution in [1.82, 2.24) is 39.3 Å². The third kappa shape index (κ3) is 17.7. The van der Waals surface area contributed by atoms with E-state index < -0.39 is 48.9 Å². The number of anilines is 2. The molecule has 0 spiro atoms. The monoisotopic (exact) mass is 970 g/mol. The first-order chi connectivity index (χ1) is 32.1. The molecule has 2 saturated heterocycles. The number of H-pyrrole nitrogens is 2. The summed E-state index contributed by atoms with van der Waals surface area (Å²) in [7, 11) is 0. The molecule has 2 aromatic carbocycles. The molecule has 0 unspecified atom stereocenters. The molecule has 4 aromatic rings. The van der Waals surface area contributed by atoms with Crippen LogP contribution in [0.5, 0.6) is 11.5 Å². The number of rotatable bonds is 16. The maximum absolute atomic E-state index is 12.5. The van der Waals surface area contributed by atoms with E-state index in [-0.39, 0.29) is 34.0 Å². The van der Waals surface area contributed by atoms with Crippen molar-refractivity contribution >= 4 is 23.3 Å². The first-order valence-corrected chi connectivity index (χ1v) is 21.1. The zero-order valence-corrected chi connectivity index (χ0v) is 37.1. The fourth-order valence-corrected chi connectivity index (χ4v) is 6.93. The van der Waals surface area contributed by atoms with Gasteiger partial charge in [-0.15, -0.1) is 0 Å². The van der Waals surface area contributed by atoms with Gasteiger partial charge in [-0.2, -0.15) is 36.5 Å². The number of benzene rings is 2. The summed E-state index contributed by atoms with van der Waals surface area (Å²) in [5, 5.41) is 27.5. The number of hydrogen-bond donors (Lipinski definition) is 4. The molecule has 6 rings (SSSR count). The van der Waals surface area contributed by atoms with Crippen LogP contribution in [0, 0.1) is 13.8 Å². The fourth-order valence-electron chi connectivity index (χ4n) is 6.93. The lowest BCUT2D eigenvalue weighted by Gasteiger charge is -2.36. The highest BCUT2D eigenvalue weighted by atomic mass is 19.4. The highest BCUT2D eigenvalue weighted by Crippen LogP contribution is 2.32. The van der Waals surface area contributed by atoms with Crippen LogP contribution in [0.25, 0.3) is 0 Å². The summed E-state index contributed by atoms with van der Waals surface area (Å²) in [6, 6.07) is 13.4. The quantitative estimate of drug-likeness (QED) is 0.0932. The van der Waals surface area contributed by atoms with Crippen molar-refractivity contribution in [2.45, 2.75) is 52.1 Å². The number of ether oxygens (including phenoxy) is 2. The molecule has 2 aliphatic heterocycles. The minimum Gasteiger partial charge on any atom is -0.482 e. The second-order valence-electron chi connectivity index (χ2n) is 15.3. The van der Waals surface area contributed by atoms with Gasteiger partial charge in [-0.1, -0.05) is 24.3 Å². The first kappa shape index (κ1) is 53.7. The highest BCUT2D eigenvalue weighted by molar-refractivity contribution is 5.89. The van der Waals surface area contributed by atoms with Crippen molar-refractivity contribution < 1.29 is 55.6 Å². The van der Waals surface area contributed by atoms with Crippen molar-refractivity contribution in [3.05, 3.63) is 114 Å². The predicted molar refractivity (Wildman–Crippen MR) is 235 cm³/mol. The highest BCUT2D eigenvalue weighted by Gasteiger charge is 2.31. The number of piperazine rings is 2. The van der Waals surface area contributed by atoms with Crippen LogP contribution in [0.1, 0.15) is 24.2 Å². The number of halogens is 6. The van der Waals surface area contributed by atoms with Crippen molar-refractivity contribution in [3.63, 3.8) is 0 Å². The van der Waals surface area contributed by atoms with E-state index in [9.17, 15) is 55.1 Å². The molecule has 0 bridgehead atoms. The van der Waals surface area contributed by atoms with Gasteiger partial charge in [0.2, 0.25) is 0 Å². The average Bonchev–Trinajstić information content (AvgIpc) is 3.30. The van der Waals surface area contributed by atoms with Gasteiger partial charge in [0.15, 0.2) is 13.2 Å². The van der Waals surface area contributed by atoms with Gasteiger partial charge >= 0.3 is 35.7 Å². The fraction of sp³-hybridized carbons (Fsp3) is 0.476. The second kappa shape index (κ2) is 25.3. The van der Waals surface area contributed by atoms with Gasteiger partial charge in [0.25, 0.3) is 11.1 Å². The number of aromatic nitrogens is 6. The number of nitrogens with zero attached hydrogens (tertiary/aromatic N) is 8. The van der Waals surface area contributed by atoms with Gasteiger partial charge in [-0.3, -0.25) is 28.5 Å². The summed E-state index contributed by atoms with van der Waals surface area (Å²) in [5.41, 5.74) is -0.0439. The van der Waals surface area contributed by atoms with Gasteiger partial charge in [-0.05, 0) is 64.0 Å². The summed E-state index contributed by atoms with van der Waals surface area (Å²) >= 11 is 0. The summed E-state index contributed by atoms with van der Waals surface area (Å²) in [6.45, 7) is 7.87. The molecule has 2 aliphatic rings. The molecule has 372 valence electrons. The van der Waals surface area contributed by atoms with Crippen molar-refractivity contribution in [1.29, 1.82) is 0 Å². The van der Waals surface area contributed by atoms with Gasteiger partial charge in [0, 0.05) is 77.6 Å². The van der Waals surface area contributed by atoms with Crippen LogP contribution in [0.4, 0.5) is 37.7 Å². The maximum atomic E-state index is 12.5. The van der Waals surface area contributed by atoms with Crippen LogP contribution in [0.15, 0.2) is 79.9 Å². The number of aliphatic carboxylic acids is 2. The van der Waals surface area contributed by atoms with Crippen LogP contribution in [-0.4, -0.2) is 152 Å². The lowest BCUT2D eigenvalue weighted by molar-refractivity contribution is -0.154. The SMILES string of the molecule is Cc1n[nH]c(=O)n(CCCN2CCN(c3ccccc3OCC(F)(F)F)CC2)c1=O.Cc1n[nH]c(=O)n(CCCN2CCN(c3ccccc3OCC(F)(F)F)CC2)c1=O.O=C(O)C=CC(=O)O. The first-order valence-electron chi connectivity index (χ1n) is 21.1. The smallest absolute Gasteiger partial charge is 0.422 e. The van der Waals surface area contributed by atoms with Crippen molar-refractivity contribution in [3.8, 4) is 11.5 Å². The summed E-state index contributed by atoms with van der Waals surface area (Å²) in [6.07, 6.45) is -6.41. The van der Waals surface area contributed by atoms with Crippen LogP contribution in [0.2, 0.25) is 0 Å². The molecular formula is C42H52F6N10O10. The number of aryl methyl sites for hydroxylation is 2. The molecule has 2 fully saturated rings. The van der Waals surface area contributed by atoms with Gasteiger partial charge in [0.05, 0.1) is 11.4 Å². The Morgan fingerprint density at radius 3 is 1.25 bits per heavy atom. The minimum absolute atomic E-state index is 0.218. The molecule has 0 radical (unpaired) electrons. The summed E-state index contributed by atoms with van der Waals surface area (Å²) in [5.74, 6) is -2.08. The molecule has 0 saturated carbocycles. The molecule has 26 heteroatoms. The third-order valence-electron chi connectivity index (χ3n) is 10.3. The largest absolute Gasteiger partial charge is 0.482 e. The average molecular weight is 971 g/mol. The van der Waals surface area contributed by atoms with Crippen molar-refractivity contribution in [2.75, 3.05) is 88.5 Å². The molecule has 4 heterocycles. The Hall–Kier alpha value is -6.96. The van der Waals surface area contributed by atoms with Crippen LogP contribution in [-0.2, 0) is 22.7 Å². The molecule has 0 aliphatic carbocycles. The number of carboxylic acid groups (broad SMARTS) is 2. The zero-order chi connectivity index (χ0) is 50.0. The van der Waals surface area contributed by atoms with Crippen LogP contribution < -0.4 is 41.8 Å². The van der Waals surface area contributed by atoms with E-state index in [1.165, 1.54) is 0 Å². The number of aromatic amines is 2. The van der Waals surface area contributed by atoms with Gasteiger partial charge < -0.3 is 29.5 Å². The Balaban J connectivity index is 0.000000256. The van der Waals surface area contributed by atoms with Crippen LogP contribution >= 0.6 is 0 Å². The zero-order valence-electron chi connectivity index (χ0n) is 37.1. The second-order valence-corrected chi connectivity index (χ2v) is 15.3. The third-order valence-corrected chi connectivity index (χ3v) is 10.3. The number of para-hydroxylation sites is 4. The maximum Gasteiger partial charge on any atom is 0.422 e. The van der Waals surface area contributed by atoms with Crippen molar-refractivity contribution in [2.24, 2.45) is 0 Å². The van der Waals surface area contributed by atoms with E-state index in [2.05, 4.69) is 30.2 Å². The molecule has 68 heavy (non-hydrogen) atoms. The summed E-state index contributed by atoms with van der Waals surface area (Å²) in [4.78, 5) is 75.0. The Bertz CT molecular complexity index is 2370. The molecule has 4 N–H and O–H groups in total. The van der Waals surface area contributed by atoms with Gasteiger partial charge in [-0.25, -0.2) is 29.4 Å². The normalized spacial score (nSPS) is 14.7. The molecule has 0 atom stereocenters. The van der Waals surface area contributed by atoms with E-state index in [1.807, 2.05) is 9.80 Å². The molecule has 0 amide bonds. The Labute approximate surface area is 383 Å². The number of carbonyl (C=O) groups is 2. The number of nitrogens with one attached hydrogen (secondary N) is 2. The van der Waals surface area contributed by atoms with E-state index in [1.54, 1.807) is 62.4 Å². The predicted octanol–water partition coefficient (Wildman–Crippen LogP) is 2.50.